The molecule has 1 aromatic carbocycles. The summed E-state index contributed by atoms with van der Waals surface area (Å²) in [6, 6.07) is 7.78. The summed E-state index contributed by atoms with van der Waals surface area (Å²) in [7, 11) is 1.30. The molecule has 24 heavy (non-hydrogen) atoms. The van der Waals surface area contributed by atoms with Gasteiger partial charge in [-0.05, 0) is 55.5 Å². The molecule has 0 radical (unpaired) electrons. The second-order valence-electron chi connectivity index (χ2n) is 6.06. The number of hydrogen-bond acceptors (Lipinski definition) is 6. The SMILES string of the molecule is COC(=O)c1nc(-c2cccc(I)c2)sc1CC(=O)OC(C)(C)C. The van der Waals surface area contributed by atoms with E-state index in [1.165, 1.54) is 18.4 Å². The van der Waals surface area contributed by atoms with Crippen molar-refractivity contribution in [1.29, 1.82) is 0 Å². The number of carbonyl (C=O) groups is 2. The summed E-state index contributed by atoms with van der Waals surface area (Å²) in [5.74, 6) is -0.952. The Bertz CT molecular complexity index is 764. The molecule has 0 fully saturated rings. The highest BCUT2D eigenvalue weighted by Crippen LogP contribution is 2.30. The molecule has 0 N–H and O–H groups in total. The van der Waals surface area contributed by atoms with Gasteiger partial charge in [0.2, 0.25) is 0 Å². The lowest BCUT2D eigenvalue weighted by Gasteiger charge is -2.19. The van der Waals surface area contributed by atoms with Crippen molar-refractivity contribution < 1.29 is 19.1 Å². The molecule has 0 aliphatic rings. The van der Waals surface area contributed by atoms with Gasteiger partial charge in [0.1, 0.15) is 10.6 Å². The average Bonchev–Trinajstić information content (AvgIpc) is 2.88. The van der Waals surface area contributed by atoms with Crippen LogP contribution in [0.15, 0.2) is 24.3 Å². The molecule has 2 rings (SSSR count). The molecule has 0 saturated carbocycles. The number of ether oxygens (including phenoxy) is 2. The Morgan fingerprint density at radius 1 is 1.29 bits per heavy atom. The fourth-order valence-corrected chi connectivity index (χ4v) is 3.56. The molecule has 1 aromatic heterocycles. The van der Waals surface area contributed by atoms with Crippen LogP contribution in [0.25, 0.3) is 10.6 Å². The quantitative estimate of drug-likeness (QED) is 0.509. The molecular formula is C17H18INO4S. The summed E-state index contributed by atoms with van der Waals surface area (Å²) in [6.07, 6.45) is -0.0106. The molecule has 0 amide bonds. The van der Waals surface area contributed by atoms with Crippen LogP contribution in [-0.4, -0.2) is 29.6 Å². The fourth-order valence-electron chi connectivity index (χ4n) is 1.98. The molecule has 128 valence electrons. The summed E-state index contributed by atoms with van der Waals surface area (Å²) in [4.78, 5) is 29.0. The molecule has 0 spiro atoms. The Balaban J connectivity index is 2.35. The topological polar surface area (TPSA) is 65.5 Å². The first kappa shape index (κ1) is 18.9. The Labute approximate surface area is 158 Å². The van der Waals surface area contributed by atoms with E-state index in [0.717, 1.165) is 9.13 Å². The average molecular weight is 459 g/mol. The maximum Gasteiger partial charge on any atom is 0.357 e. The Morgan fingerprint density at radius 3 is 2.58 bits per heavy atom. The van der Waals surface area contributed by atoms with Gasteiger partial charge in [0, 0.05) is 9.13 Å². The van der Waals surface area contributed by atoms with Crippen LogP contribution in [-0.2, 0) is 20.7 Å². The predicted octanol–water partition coefficient (Wildman–Crippen LogP) is 4.09. The van der Waals surface area contributed by atoms with E-state index in [-0.39, 0.29) is 12.1 Å². The molecule has 5 nitrogen and oxygen atoms in total. The van der Waals surface area contributed by atoms with Crippen molar-refractivity contribution in [2.75, 3.05) is 7.11 Å². The lowest BCUT2D eigenvalue weighted by Crippen LogP contribution is -2.25. The van der Waals surface area contributed by atoms with Gasteiger partial charge in [0.05, 0.1) is 18.4 Å². The number of carbonyl (C=O) groups excluding carboxylic acids is 2. The standard InChI is InChI=1S/C17H18INO4S/c1-17(2,3)23-13(20)9-12-14(16(21)22-4)19-15(24-12)10-6-5-7-11(18)8-10/h5-8H,9H2,1-4H3. The number of halogens is 1. The minimum Gasteiger partial charge on any atom is -0.464 e. The Kier molecular flexibility index (Phi) is 5.97. The van der Waals surface area contributed by atoms with Crippen LogP contribution in [0.5, 0.6) is 0 Å². The van der Waals surface area contributed by atoms with Crippen molar-refractivity contribution in [2.45, 2.75) is 32.8 Å². The van der Waals surface area contributed by atoms with Crippen LogP contribution < -0.4 is 0 Å². The number of nitrogens with zero attached hydrogens (tertiary/aromatic N) is 1. The number of hydrogen-bond donors (Lipinski definition) is 0. The maximum atomic E-state index is 12.1. The first-order valence-corrected chi connectivity index (χ1v) is 9.15. The molecule has 2 aromatic rings. The molecule has 0 unspecified atom stereocenters. The molecule has 1 heterocycles. The Morgan fingerprint density at radius 2 is 2.00 bits per heavy atom. The second kappa shape index (κ2) is 7.60. The third kappa shape index (κ3) is 5.01. The van der Waals surface area contributed by atoms with Crippen LogP contribution in [0.2, 0.25) is 0 Å². The van der Waals surface area contributed by atoms with Gasteiger partial charge in [-0.15, -0.1) is 11.3 Å². The summed E-state index contributed by atoms with van der Waals surface area (Å²) < 4.78 is 11.2. The van der Waals surface area contributed by atoms with E-state index in [4.69, 9.17) is 9.47 Å². The first-order chi connectivity index (χ1) is 11.2. The molecule has 7 heteroatoms. The second-order valence-corrected chi connectivity index (χ2v) is 8.39. The van der Waals surface area contributed by atoms with Crippen LogP contribution in [0.1, 0.15) is 36.1 Å². The van der Waals surface area contributed by atoms with Crippen LogP contribution >= 0.6 is 33.9 Å². The highest BCUT2D eigenvalue weighted by molar-refractivity contribution is 14.1. The largest absolute Gasteiger partial charge is 0.464 e. The van der Waals surface area contributed by atoms with E-state index in [0.29, 0.717) is 9.88 Å². The zero-order chi connectivity index (χ0) is 17.9. The minimum absolute atomic E-state index is 0.0106. The predicted molar refractivity (Wildman–Crippen MR) is 101 cm³/mol. The lowest BCUT2D eigenvalue weighted by molar-refractivity contribution is -0.153. The van der Waals surface area contributed by atoms with Gasteiger partial charge in [-0.1, -0.05) is 12.1 Å². The molecule has 0 saturated heterocycles. The van der Waals surface area contributed by atoms with Gasteiger partial charge in [0.15, 0.2) is 5.69 Å². The van der Waals surface area contributed by atoms with Crippen molar-refractivity contribution in [2.24, 2.45) is 0 Å². The van der Waals surface area contributed by atoms with E-state index in [1.807, 2.05) is 24.3 Å². The highest BCUT2D eigenvalue weighted by atomic mass is 127. The highest BCUT2D eigenvalue weighted by Gasteiger charge is 2.24. The van der Waals surface area contributed by atoms with E-state index in [1.54, 1.807) is 20.8 Å². The number of benzene rings is 1. The number of rotatable bonds is 4. The van der Waals surface area contributed by atoms with E-state index in [9.17, 15) is 9.59 Å². The van der Waals surface area contributed by atoms with Gasteiger partial charge in [0.25, 0.3) is 0 Å². The van der Waals surface area contributed by atoms with Crippen LogP contribution in [0, 0.1) is 3.57 Å². The summed E-state index contributed by atoms with van der Waals surface area (Å²) in [6.45, 7) is 5.41. The number of esters is 2. The van der Waals surface area contributed by atoms with Crippen LogP contribution in [0.4, 0.5) is 0 Å². The molecule has 0 aliphatic carbocycles. The molecule has 0 aliphatic heterocycles. The third-order valence-electron chi connectivity index (χ3n) is 2.87. The van der Waals surface area contributed by atoms with Crippen molar-refractivity contribution in [3.05, 3.63) is 38.4 Å². The van der Waals surface area contributed by atoms with Crippen molar-refractivity contribution in [1.82, 2.24) is 4.98 Å². The van der Waals surface area contributed by atoms with Gasteiger partial charge in [-0.2, -0.15) is 0 Å². The number of methoxy groups -OCH3 is 1. The molecular weight excluding hydrogens is 441 g/mol. The van der Waals surface area contributed by atoms with Crippen molar-refractivity contribution in [3.63, 3.8) is 0 Å². The van der Waals surface area contributed by atoms with E-state index >= 15 is 0 Å². The molecule has 0 atom stereocenters. The van der Waals surface area contributed by atoms with Gasteiger partial charge < -0.3 is 9.47 Å². The van der Waals surface area contributed by atoms with Gasteiger partial charge in [-0.3, -0.25) is 4.79 Å². The molecule has 0 bridgehead atoms. The lowest BCUT2D eigenvalue weighted by atomic mass is 10.2. The number of thiazole rings is 1. The van der Waals surface area contributed by atoms with Crippen molar-refractivity contribution >= 4 is 45.9 Å². The fraction of sp³-hybridized carbons (Fsp3) is 0.353. The minimum atomic E-state index is -0.578. The zero-order valence-corrected chi connectivity index (χ0v) is 16.9. The summed E-state index contributed by atoms with van der Waals surface area (Å²) in [5, 5.41) is 0.674. The van der Waals surface area contributed by atoms with Crippen LogP contribution in [0.3, 0.4) is 0 Å². The monoisotopic (exact) mass is 459 g/mol. The Hall–Kier alpha value is -1.48. The number of aromatic nitrogens is 1. The third-order valence-corrected chi connectivity index (χ3v) is 4.65. The van der Waals surface area contributed by atoms with Gasteiger partial charge in [-0.25, -0.2) is 9.78 Å². The van der Waals surface area contributed by atoms with E-state index < -0.39 is 17.5 Å². The maximum absolute atomic E-state index is 12.1. The summed E-state index contributed by atoms with van der Waals surface area (Å²) >= 11 is 3.52. The smallest absolute Gasteiger partial charge is 0.357 e. The van der Waals surface area contributed by atoms with Crippen molar-refractivity contribution in [3.8, 4) is 10.6 Å². The zero-order valence-electron chi connectivity index (χ0n) is 13.9. The first-order valence-electron chi connectivity index (χ1n) is 7.25. The summed E-state index contributed by atoms with van der Waals surface area (Å²) in [5.41, 5.74) is 0.487. The normalized spacial score (nSPS) is 11.2. The van der Waals surface area contributed by atoms with E-state index in [2.05, 4.69) is 27.6 Å². The van der Waals surface area contributed by atoms with Gasteiger partial charge >= 0.3 is 11.9 Å².